The second-order valence-corrected chi connectivity index (χ2v) is 11.0. The Labute approximate surface area is 285 Å². The molecule has 0 aliphatic rings. The highest BCUT2D eigenvalue weighted by molar-refractivity contribution is 6.00. The van der Waals surface area contributed by atoms with Gasteiger partial charge in [0.25, 0.3) is 0 Å². The smallest absolute Gasteiger partial charge is 0.181 e. The molecule has 6 aromatic heterocycles. The molecule has 6 heterocycles. The Morgan fingerprint density at radius 3 is 1.86 bits per heavy atom. The summed E-state index contributed by atoms with van der Waals surface area (Å²) in [5.74, 6) is 0.873. The number of H-pyrrole nitrogens is 1. The van der Waals surface area contributed by atoms with Gasteiger partial charge in [-0.05, 0) is 58.0 Å². The van der Waals surface area contributed by atoms with E-state index in [1.54, 1.807) is 0 Å². The molecule has 8 rings (SSSR count). The predicted octanol–water partition coefficient (Wildman–Crippen LogP) is 8.62. The van der Waals surface area contributed by atoms with Gasteiger partial charge in [0, 0.05) is 28.6 Å². The van der Waals surface area contributed by atoms with Crippen LogP contribution in [0.1, 0.15) is 74.9 Å². The first-order valence-corrected chi connectivity index (χ1v) is 16.2. The van der Waals surface area contributed by atoms with Gasteiger partial charge in [-0.3, -0.25) is 0 Å². The number of nitrogen functional groups attached to an aromatic ring is 2. The summed E-state index contributed by atoms with van der Waals surface area (Å²) >= 11 is 0. The van der Waals surface area contributed by atoms with E-state index in [4.69, 9.17) is 21.0 Å². The van der Waals surface area contributed by atoms with Crippen LogP contribution >= 0.6 is 0 Å². The fourth-order valence-electron chi connectivity index (χ4n) is 5.31. The largest absolute Gasteiger partial charge is 0.443 e. The van der Waals surface area contributed by atoms with E-state index in [1.165, 1.54) is 19.0 Å². The van der Waals surface area contributed by atoms with Crippen molar-refractivity contribution < 1.29 is 4.42 Å². The molecule has 0 saturated heterocycles. The van der Waals surface area contributed by atoms with E-state index in [1.807, 2.05) is 73.5 Å². The zero-order chi connectivity index (χ0) is 34.5. The number of nitrogens with zero attached hydrogens (tertiary/aromatic N) is 9. The fourth-order valence-corrected chi connectivity index (χ4v) is 5.31. The first-order valence-electron chi connectivity index (χ1n) is 16.2. The molecule has 0 bridgehead atoms. The van der Waals surface area contributed by atoms with Gasteiger partial charge in [0.05, 0.1) is 16.5 Å². The molecular formula is C36H46N12O. The Kier molecular flexibility index (Phi) is 11.3. The maximum Gasteiger partial charge on any atom is 0.181 e. The lowest BCUT2D eigenvalue weighted by molar-refractivity contribution is 0.547. The van der Waals surface area contributed by atoms with Crippen LogP contribution in [0.5, 0.6) is 0 Å². The van der Waals surface area contributed by atoms with Crippen LogP contribution in [0.2, 0.25) is 0 Å². The minimum atomic E-state index is 0. The first kappa shape index (κ1) is 36.0. The van der Waals surface area contributed by atoms with Crippen LogP contribution in [0.15, 0.2) is 72.0 Å². The Bertz CT molecular complexity index is 2170. The second-order valence-electron chi connectivity index (χ2n) is 11.0. The molecule has 0 saturated carbocycles. The number of nitrogens with two attached hydrogens (primary N) is 2. The molecule has 8 aromatic rings. The van der Waals surface area contributed by atoms with E-state index in [9.17, 15) is 0 Å². The van der Waals surface area contributed by atoms with Gasteiger partial charge in [-0.2, -0.15) is 10.2 Å². The van der Waals surface area contributed by atoms with E-state index in [0.29, 0.717) is 11.6 Å². The summed E-state index contributed by atoms with van der Waals surface area (Å²) in [6.45, 7) is 16.2. The van der Waals surface area contributed by atoms with Crippen molar-refractivity contribution in [1.29, 1.82) is 0 Å². The number of rotatable bonds is 4. The predicted molar refractivity (Wildman–Crippen MR) is 200 cm³/mol. The third kappa shape index (κ3) is 6.77. The quantitative estimate of drug-likeness (QED) is 0.165. The highest BCUT2D eigenvalue weighted by Gasteiger charge is 2.20. The molecule has 2 aromatic carbocycles. The number of para-hydroxylation sites is 1. The number of hydrogen-bond acceptors (Lipinski definition) is 10. The lowest BCUT2D eigenvalue weighted by Crippen LogP contribution is -2.04. The van der Waals surface area contributed by atoms with Crippen molar-refractivity contribution in [2.45, 2.75) is 74.9 Å². The molecule has 13 nitrogen and oxygen atoms in total. The Balaban J connectivity index is 0.000000197. The van der Waals surface area contributed by atoms with Crippen LogP contribution in [0.3, 0.4) is 0 Å². The molecule has 0 spiro atoms. The Morgan fingerprint density at radius 2 is 1.27 bits per heavy atom. The van der Waals surface area contributed by atoms with Crippen LogP contribution in [0, 0.1) is 0 Å². The molecule has 13 heteroatoms. The maximum atomic E-state index is 6.08. The summed E-state index contributed by atoms with van der Waals surface area (Å²) in [6, 6.07) is 16.3. The van der Waals surface area contributed by atoms with Crippen molar-refractivity contribution in [2.24, 2.45) is 0 Å². The van der Waals surface area contributed by atoms with Crippen LogP contribution in [0.25, 0.3) is 66.7 Å². The third-order valence-corrected chi connectivity index (χ3v) is 7.40. The van der Waals surface area contributed by atoms with Gasteiger partial charge in [0.15, 0.2) is 23.3 Å². The second kappa shape index (κ2) is 15.4. The summed E-state index contributed by atoms with van der Waals surface area (Å²) in [6.07, 6.45) is 4.37. The third-order valence-electron chi connectivity index (χ3n) is 7.40. The first-order chi connectivity index (χ1) is 23.3. The number of fused-ring (bicyclic) bond motifs is 4. The molecular weight excluding hydrogens is 616 g/mol. The zero-order valence-corrected chi connectivity index (χ0v) is 28.6. The van der Waals surface area contributed by atoms with Crippen molar-refractivity contribution in [3.05, 3.63) is 67.6 Å². The topological polar surface area (TPSA) is 181 Å². The van der Waals surface area contributed by atoms with E-state index in [0.717, 1.165) is 66.7 Å². The van der Waals surface area contributed by atoms with E-state index in [2.05, 4.69) is 74.8 Å². The van der Waals surface area contributed by atoms with Crippen LogP contribution in [-0.4, -0.2) is 49.5 Å². The lowest BCUT2D eigenvalue weighted by Gasteiger charge is -2.05. The number of hydrogen-bond donors (Lipinski definition) is 3. The van der Waals surface area contributed by atoms with Crippen molar-refractivity contribution in [3.63, 3.8) is 0 Å². The number of benzene rings is 2. The van der Waals surface area contributed by atoms with Gasteiger partial charge in [-0.1, -0.05) is 53.3 Å². The monoisotopic (exact) mass is 662 g/mol. The van der Waals surface area contributed by atoms with E-state index >= 15 is 0 Å². The molecule has 0 atom stereocenters. The molecule has 0 amide bonds. The minimum absolute atomic E-state index is 0. The molecule has 5 N–H and O–H groups in total. The van der Waals surface area contributed by atoms with Gasteiger partial charge in [-0.15, -0.1) is 0 Å². The summed E-state index contributed by atoms with van der Waals surface area (Å²) in [4.78, 5) is 24.5. The SMILES string of the molecule is C.CC.CC.CC(C)n1nc(-c2cc3ccccc3[nH]2)c2c(N)ncnc21.CC(C)n1nc(-c2ccc3ocnc3c2)c2c(N)ncnc21. The summed E-state index contributed by atoms with van der Waals surface area (Å²) in [5, 5.41) is 12.1. The zero-order valence-electron chi connectivity index (χ0n) is 28.6. The van der Waals surface area contributed by atoms with Crippen molar-refractivity contribution >= 4 is 55.7 Å². The Hall–Kier alpha value is -5.85. The fraction of sp³-hybridized carbons (Fsp3) is 0.306. The molecule has 0 aliphatic heterocycles. The molecule has 0 aliphatic carbocycles. The molecule has 256 valence electrons. The molecule has 0 fully saturated rings. The van der Waals surface area contributed by atoms with Gasteiger partial charge in [0.1, 0.15) is 41.2 Å². The highest BCUT2D eigenvalue weighted by Crippen LogP contribution is 2.34. The average Bonchev–Trinajstić information content (AvgIpc) is 3.90. The highest BCUT2D eigenvalue weighted by atomic mass is 16.3. The van der Waals surface area contributed by atoms with Gasteiger partial charge >= 0.3 is 0 Å². The maximum absolute atomic E-state index is 6.08. The van der Waals surface area contributed by atoms with E-state index in [-0.39, 0.29) is 19.5 Å². The van der Waals surface area contributed by atoms with Crippen LogP contribution in [-0.2, 0) is 0 Å². The van der Waals surface area contributed by atoms with Crippen LogP contribution < -0.4 is 11.5 Å². The number of nitrogens with one attached hydrogen (secondary N) is 1. The summed E-state index contributed by atoms with van der Waals surface area (Å²) in [5.41, 5.74) is 19.6. The van der Waals surface area contributed by atoms with Crippen LogP contribution in [0.4, 0.5) is 11.6 Å². The molecule has 0 radical (unpaired) electrons. The minimum Gasteiger partial charge on any atom is -0.443 e. The summed E-state index contributed by atoms with van der Waals surface area (Å²) in [7, 11) is 0. The normalized spacial score (nSPS) is 10.8. The number of aromatic nitrogens is 10. The lowest BCUT2D eigenvalue weighted by atomic mass is 10.1. The molecule has 49 heavy (non-hydrogen) atoms. The summed E-state index contributed by atoms with van der Waals surface area (Å²) < 4.78 is 9.02. The average molecular weight is 663 g/mol. The van der Waals surface area contributed by atoms with Gasteiger partial charge in [-0.25, -0.2) is 34.3 Å². The van der Waals surface area contributed by atoms with E-state index < -0.39 is 0 Å². The van der Waals surface area contributed by atoms with Gasteiger partial charge in [0.2, 0.25) is 0 Å². The molecule has 0 unspecified atom stereocenters. The standard InChI is InChI=1S/C16H16N6.C15H14N6O.2C2H6.CH4/c1-9(2)22-16-13(15(17)18-8-19-16)14(21-22)12-7-10-5-3-4-6-11(10)20-12;1-8(2)21-15-12(14(16)17-6-18-15)13(20-21)9-3-4-11-10(5-9)19-7-22-11;2*1-2;/h3-9,20H,1-2H3,(H2,17,18,19);3-8H,1-2H3,(H2,16,17,18);2*1-2H3;1H4. The number of anilines is 2. The van der Waals surface area contributed by atoms with Gasteiger partial charge < -0.3 is 20.9 Å². The van der Waals surface area contributed by atoms with Crippen molar-refractivity contribution in [1.82, 2.24) is 49.5 Å². The number of oxazole rings is 1. The van der Waals surface area contributed by atoms with Crippen molar-refractivity contribution in [2.75, 3.05) is 11.5 Å². The Morgan fingerprint density at radius 1 is 0.694 bits per heavy atom. The van der Waals surface area contributed by atoms with Crippen molar-refractivity contribution in [3.8, 4) is 22.6 Å². The number of aromatic amines is 1.